The van der Waals surface area contributed by atoms with Gasteiger partial charge in [-0.2, -0.15) is 5.10 Å². The molecule has 0 radical (unpaired) electrons. The number of aryl methyl sites for hydroxylation is 1. The summed E-state index contributed by atoms with van der Waals surface area (Å²) in [5.41, 5.74) is 5.48. The number of carbonyl (C=O) groups is 1. The second kappa shape index (κ2) is 9.15. The third kappa shape index (κ3) is 5.68. The SMILES string of the molecule is Cc1cc(OCC(=O)NN=Cc2ccccc2Br)c(C(C)C)cc1Br. The molecule has 0 aliphatic carbocycles. The van der Waals surface area contributed by atoms with Crippen molar-refractivity contribution >= 4 is 44.0 Å². The molecule has 0 aliphatic rings. The zero-order valence-electron chi connectivity index (χ0n) is 14.3. The molecule has 25 heavy (non-hydrogen) atoms. The number of benzene rings is 2. The molecule has 0 aromatic heterocycles. The second-order valence-electron chi connectivity index (χ2n) is 5.90. The predicted octanol–water partition coefficient (Wildman–Crippen LogP) is 5.17. The molecule has 0 spiro atoms. The van der Waals surface area contributed by atoms with Crippen LogP contribution < -0.4 is 10.2 Å². The fraction of sp³-hybridized carbons (Fsp3) is 0.263. The largest absolute Gasteiger partial charge is 0.483 e. The first-order valence-electron chi connectivity index (χ1n) is 7.87. The maximum atomic E-state index is 12.0. The maximum Gasteiger partial charge on any atom is 0.277 e. The number of rotatable bonds is 6. The molecule has 0 unspecified atom stereocenters. The molecule has 1 N–H and O–H groups in total. The topological polar surface area (TPSA) is 50.7 Å². The Morgan fingerprint density at radius 1 is 1.24 bits per heavy atom. The molecular formula is C19H20Br2N2O2. The van der Waals surface area contributed by atoms with E-state index in [-0.39, 0.29) is 12.5 Å². The van der Waals surface area contributed by atoms with Crippen molar-refractivity contribution in [1.82, 2.24) is 5.43 Å². The Hall–Kier alpha value is -1.66. The van der Waals surface area contributed by atoms with Crippen molar-refractivity contribution in [1.29, 1.82) is 0 Å². The van der Waals surface area contributed by atoms with Crippen LogP contribution >= 0.6 is 31.9 Å². The number of hydrazone groups is 1. The van der Waals surface area contributed by atoms with Crippen LogP contribution in [0.4, 0.5) is 0 Å². The Kier molecular flexibility index (Phi) is 7.20. The van der Waals surface area contributed by atoms with Gasteiger partial charge in [-0.05, 0) is 42.2 Å². The van der Waals surface area contributed by atoms with Crippen molar-refractivity contribution in [2.24, 2.45) is 5.10 Å². The molecule has 2 aromatic rings. The lowest BCUT2D eigenvalue weighted by atomic mass is 10.0. The van der Waals surface area contributed by atoms with Crippen molar-refractivity contribution in [3.05, 3.63) is 62.0 Å². The van der Waals surface area contributed by atoms with E-state index in [9.17, 15) is 4.79 Å². The summed E-state index contributed by atoms with van der Waals surface area (Å²) in [4.78, 5) is 12.0. The number of ether oxygens (including phenoxy) is 1. The average Bonchev–Trinajstić information content (AvgIpc) is 2.57. The van der Waals surface area contributed by atoms with E-state index in [1.54, 1.807) is 6.21 Å². The number of hydrogen-bond donors (Lipinski definition) is 1. The van der Waals surface area contributed by atoms with Crippen LogP contribution in [-0.4, -0.2) is 18.7 Å². The van der Waals surface area contributed by atoms with Gasteiger partial charge in [0.1, 0.15) is 5.75 Å². The third-order valence-corrected chi connectivity index (χ3v) is 5.15. The standard InChI is InChI=1S/C19H20Br2N2O2/c1-12(2)15-9-17(21)13(3)8-18(15)25-11-19(24)23-22-10-14-6-4-5-7-16(14)20/h4-10,12H,11H2,1-3H3,(H,23,24). The van der Waals surface area contributed by atoms with E-state index >= 15 is 0 Å². The van der Waals surface area contributed by atoms with Gasteiger partial charge >= 0.3 is 0 Å². The molecule has 0 heterocycles. The molecule has 0 fully saturated rings. The third-order valence-electron chi connectivity index (χ3n) is 3.57. The van der Waals surface area contributed by atoms with Crippen molar-refractivity contribution < 1.29 is 9.53 Å². The minimum atomic E-state index is -0.307. The fourth-order valence-corrected chi connectivity index (χ4v) is 2.92. The smallest absolute Gasteiger partial charge is 0.277 e. The van der Waals surface area contributed by atoms with Gasteiger partial charge in [-0.15, -0.1) is 0 Å². The minimum absolute atomic E-state index is 0.0892. The average molecular weight is 468 g/mol. The Labute approximate surface area is 164 Å². The summed E-state index contributed by atoms with van der Waals surface area (Å²) in [6.07, 6.45) is 1.59. The van der Waals surface area contributed by atoms with Crippen LogP contribution in [0.15, 0.2) is 50.4 Å². The van der Waals surface area contributed by atoms with Gasteiger partial charge in [-0.3, -0.25) is 4.79 Å². The summed E-state index contributed by atoms with van der Waals surface area (Å²) in [7, 11) is 0. The zero-order chi connectivity index (χ0) is 18.4. The van der Waals surface area contributed by atoms with Gasteiger partial charge in [0.05, 0.1) is 6.21 Å². The monoisotopic (exact) mass is 466 g/mol. The molecule has 0 saturated carbocycles. The molecule has 2 rings (SSSR count). The van der Waals surface area contributed by atoms with Crippen LogP contribution in [0.1, 0.15) is 36.5 Å². The highest BCUT2D eigenvalue weighted by Gasteiger charge is 2.12. The Morgan fingerprint density at radius 3 is 2.64 bits per heavy atom. The number of nitrogens with zero attached hydrogens (tertiary/aromatic N) is 1. The van der Waals surface area contributed by atoms with Gasteiger partial charge in [0, 0.05) is 14.5 Å². The van der Waals surface area contributed by atoms with Gasteiger partial charge in [-0.1, -0.05) is 63.9 Å². The highest BCUT2D eigenvalue weighted by atomic mass is 79.9. The maximum absolute atomic E-state index is 12.0. The Balaban J connectivity index is 1.96. The van der Waals surface area contributed by atoms with Crippen molar-refractivity contribution in [3.63, 3.8) is 0 Å². The van der Waals surface area contributed by atoms with E-state index in [1.807, 2.05) is 43.3 Å². The predicted molar refractivity (Wildman–Crippen MR) is 108 cm³/mol. The molecule has 0 saturated heterocycles. The summed E-state index contributed by atoms with van der Waals surface area (Å²) >= 11 is 6.96. The molecular weight excluding hydrogens is 448 g/mol. The van der Waals surface area contributed by atoms with Crippen molar-refractivity contribution in [2.45, 2.75) is 26.7 Å². The van der Waals surface area contributed by atoms with E-state index in [4.69, 9.17) is 4.74 Å². The highest BCUT2D eigenvalue weighted by molar-refractivity contribution is 9.10. The number of nitrogens with one attached hydrogen (secondary N) is 1. The summed E-state index contributed by atoms with van der Waals surface area (Å²) in [6, 6.07) is 11.6. The molecule has 0 aliphatic heterocycles. The number of carbonyl (C=O) groups excluding carboxylic acids is 1. The molecule has 0 bridgehead atoms. The second-order valence-corrected chi connectivity index (χ2v) is 7.61. The fourth-order valence-electron chi connectivity index (χ4n) is 2.18. The van der Waals surface area contributed by atoms with Crippen LogP contribution in [0, 0.1) is 6.92 Å². The van der Waals surface area contributed by atoms with Gasteiger partial charge in [0.25, 0.3) is 5.91 Å². The van der Waals surface area contributed by atoms with Crippen LogP contribution in [0.2, 0.25) is 0 Å². The molecule has 0 atom stereocenters. The van der Waals surface area contributed by atoms with Gasteiger partial charge < -0.3 is 4.74 Å². The van der Waals surface area contributed by atoms with Gasteiger partial charge in [-0.25, -0.2) is 5.43 Å². The van der Waals surface area contributed by atoms with Crippen LogP contribution in [0.5, 0.6) is 5.75 Å². The van der Waals surface area contributed by atoms with E-state index in [0.29, 0.717) is 5.92 Å². The first kappa shape index (κ1) is 19.7. The van der Waals surface area contributed by atoms with E-state index in [0.717, 1.165) is 31.4 Å². The molecule has 1 amide bonds. The normalized spacial score (nSPS) is 11.1. The lowest BCUT2D eigenvalue weighted by Crippen LogP contribution is -2.25. The summed E-state index contributed by atoms with van der Waals surface area (Å²) in [5.74, 6) is 0.711. The molecule has 4 nitrogen and oxygen atoms in total. The lowest BCUT2D eigenvalue weighted by Gasteiger charge is -2.15. The van der Waals surface area contributed by atoms with Crippen LogP contribution in [0.3, 0.4) is 0 Å². The van der Waals surface area contributed by atoms with Crippen molar-refractivity contribution in [2.75, 3.05) is 6.61 Å². The summed E-state index contributed by atoms with van der Waals surface area (Å²) in [5, 5.41) is 3.96. The molecule has 6 heteroatoms. The van der Waals surface area contributed by atoms with E-state index in [1.165, 1.54) is 0 Å². The van der Waals surface area contributed by atoms with E-state index < -0.39 is 0 Å². The molecule has 2 aromatic carbocycles. The van der Waals surface area contributed by atoms with E-state index in [2.05, 4.69) is 56.2 Å². The lowest BCUT2D eigenvalue weighted by molar-refractivity contribution is -0.123. The molecule has 132 valence electrons. The first-order valence-corrected chi connectivity index (χ1v) is 9.46. The Bertz CT molecular complexity index is 789. The number of halogens is 2. The summed E-state index contributed by atoms with van der Waals surface area (Å²) in [6.45, 7) is 6.08. The Morgan fingerprint density at radius 2 is 1.96 bits per heavy atom. The highest BCUT2D eigenvalue weighted by Crippen LogP contribution is 2.32. The summed E-state index contributed by atoms with van der Waals surface area (Å²) < 4.78 is 7.65. The van der Waals surface area contributed by atoms with Crippen molar-refractivity contribution in [3.8, 4) is 5.75 Å². The minimum Gasteiger partial charge on any atom is -0.483 e. The first-order chi connectivity index (χ1) is 11.9. The van der Waals surface area contributed by atoms with Crippen LogP contribution in [0.25, 0.3) is 0 Å². The number of hydrogen-bond acceptors (Lipinski definition) is 3. The zero-order valence-corrected chi connectivity index (χ0v) is 17.5. The number of amides is 1. The van der Waals surface area contributed by atoms with Gasteiger partial charge in [0.2, 0.25) is 0 Å². The quantitative estimate of drug-likeness (QED) is 0.470. The van der Waals surface area contributed by atoms with Crippen LogP contribution in [-0.2, 0) is 4.79 Å². The van der Waals surface area contributed by atoms with Gasteiger partial charge in [0.15, 0.2) is 6.61 Å².